The van der Waals surface area contributed by atoms with Crippen LogP contribution in [0.4, 0.5) is 0 Å². The number of hydrogen-bond acceptors (Lipinski definition) is 1. The molecule has 0 saturated carbocycles. The Morgan fingerprint density at radius 1 is 0.645 bits per heavy atom. The minimum Gasteiger partial charge on any atom is -0.300 e. The quantitative estimate of drug-likeness (QED) is 0.395. The number of carbonyl (C=O) groups is 1. The molecule has 1 aliphatic rings. The highest BCUT2D eigenvalue weighted by molar-refractivity contribution is 7.67. The van der Waals surface area contributed by atoms with Crippen molar-refractivity contribution in [2.75, 3.05) is 0 Å². The number of carbonyl (C=O) groups excluding carboxylic acids is 1. The van der Waals surface area contributed by atoms with Crippen molar-refractivity contribution in [2.45, 2.75) is 65.7 Å². The van der Waals surface area contributed by atoms with E-state index < -0.39 is 7.92 Å². The highest BCUT2D eigenvalue weighted by Crippen LogP contribution is 2.55. The molecule has 2 unspecified atom stereocenters. The van der Waals surface area contributed by atoms with E-state index in [0.717, 1.165) is 0 Å². The van der Waals surface area contributed by atoms with E-state index in [4.69, 9.17) is 0 Å². The molecular formula is C29H33OP. The first-order chi connectivity index (χ1) is 14.8. The van der Waals surface area contributed by atoms with Gasteiger partial charge in [0.25, 0.3) is 0 Å². The Hall–Kier alpha value is -2.24. The second-order valence-electron chi connectivity index (χ2n) is 9.29. The molecule has 0 amide bonds. The van der Waals surface area contributed by atoms with Gasteiger partial charge in [-0.05, 0) is 88.8 Å². The zero-order valence-electron chi connectivity index (χ0n) is 19.6. The minimum absolute atomic E-state index is 0.403. The Morgan fingerprint density at radius 2 is 1.00 bits per heavy atom. The summed E-state index contributed by atoms with van der Waals surface area (Å²) in [6, 6.07) is 20.1. The van der Waals surface area contributed by atoms with Crippen LogP contribution in [0, 0.1) is 27.7 Å². The molecule has 1 heterocycles. The van der Waals surface area contributed by atoms with Gasteiger partial charge in [0.1, 0.15) is 5.78 Å². The van der Waals surface area contributed by atoms with E-state index in [9.17, 15) is 4.79 Å². The number of Topliss-reactive ketones (excluding diaryl/α,β-unsaturated/α-hetero) is 1. The average molecular weight is 429 g/mol. The summed E-state index contributed by atoms with van der Waals surface area (Å²) in [7, 11) is -0.475. The summed E-state index contributed by atoms with van der Waals surface area (Å²) in [6.45, 7) is 13.5. The van der Waals surface area contributed by atoms with Gasteiger partial charge in [-0.15, -0.1) is 0 Å². The SMILES string of the molecule is Cc1cccc(C)c1-c1cccc(-c2c(C)cccc2C)c1P1C(C)CC(=O)CC1C. The molecule has 160 valence electrons. The van der Waals surface area contributed by atoms with Crippen molar-refractivity contribution in [3.63, 3.8) is 0 Å². The molecule has 1 saturated heterocycles. The Morgan fingerprint density at radius 3 is 1.39 bits per heavy atom. The van der Waals surface area contributed by atoms with Crippen LogP contribution in [0.15, 0.2) is 54.6 Å². The molecule has 3 aromatic rings. The van der Waals surface area contributed by atoms with Crippen LogP contribution >= 0.6 is 7.92 Å². The normalized spacial score (nSPS) is 21.4. The third-order valence-electron chi connectivity index (χ3n) is 6.79. The van der Waals surface area contributed by atoms with E-state index in [-0.39, 0.29) is 0 Å². The number of benzene rings is 3. The van der Waals surface area contributed by atoms with Crippen LogP contribution in [0.3, 0.4) is 0 Å². The fourth-order valence-electron chi connectivity index (χ4n) is 5.52. The smallest absolute Gasteiger partial charge is 0.134 e. The van der Waals surface area contributed by atoms with Crippen molar-refractivity contribution >= 4 is 19.0 Å². The molecule has 0 radical (unpaired) electrons. The summed E-state index contributed by atoms with van der Waals surface area (Å²) in [4.78, 5) is 12.4. The molecule has 31 heavy (non-hydrogen) atoms. The predicted molar refractivity (Wildman–Crippen MR) is 136 cm³/mol. The molecule has 0 N–H and O–H groups in total. The van der Waals surface area contributed by atoms with Gasteiger partial charge in [-0.1, -0.05) is 76.4 Å². The standard InChI is InChI=1S/C29H33OP/c1-18-10-7-11-19(2)27(18)25-14-9-15-26(28-20(3)12-8-13-21(28)4)29(25)31-22(5)16-24(30)17-23(31)6/h7-15,22-23H,16-17H2,1-6H3. The molecule has 0 aromatic heterocycles. The van der Waals surface area contributed by atoms with Crippen molar-refractivity contribution in [1.29, 1.82) is 0 Å². The number of rotatable bonds is 3. The van der Waals surface area contributed by atoms with E-state index in [1.54, 1.807) is 0 Å². The second kappa shape index (κ2) is 8.71. The van der Waals surface area contributed by atoms with Gasteiger partial charge in [-0.3, -0.25) is 4.79 Å². The van der Waals surface area contributed by atoms with Gasteiger partial charge in [0.2, 0.25) is 0 Å². The zero-order valence-corrected chi connectivity index (χ0v) is 20.5. The maximum atomic E-state index is 12.4. The molecule has 3 aromatic carbocycles. The summed E-state index contributed by atoms with van der Waals surface area (Å²) in [5.74, 6) is 0.428. The number of hydrogen-bond donors (Lipinski definition) is 0. The monoisotopic (exact) mass is 428 g/mol. The van der Waals surface area contributed by atoms with E-state index in [2.05, 4.69) is 96.1 Å². The molecule has 0 spiro atoms. The zero-order chi connectivity index (χ0) is 22.3. The number of aryl methyl sites for hydroxylation is 4. The van der Waals surface area contributed by atoms with Crippen LogP contribution in [0.2, 0.25) is 0 Å². The Bertz CT molecular complexity index is 1020. The summed E-state index contributed by atoms with van der Waals surface area (Å²) in [5.41, 5.74) is 11.6. The van der Waals surface area contributed by atoms with Gasteiger partial charge in [0.15, 0.2) is 0 Å². The molecule has 0 bridgehead atoms. The summed E-state index contributed by atoms with van der Waals surface area (Å²) in [5, 5.41) is 1.50. The maximum Gasteiger partial charge on any atom is 0.134 e. The molecular weight excluding hydrogens is 395 g/mol. The topological polar surface area (TPSA) is 17.1 Å². The van der Waals surface area contributed by atoms with E-state index in [1.807, 2.05) is 0 Å². The van der Waals surface area contributed by atoms with Crippen LogP contribution in [0.1, 0.15) is 48.9 Å². The van der Waals surface area contributed by atoms with Crippen LogP contribution in [0.25, 0.3) is 22.3 Å². The van der Waals surface area contributed by atoms with Crippen LogP contribution in [0.5, 0.6) is 0 Å². The van der Waals surface area contributed by atoms with Gasteiger partial charge >= 0.3 is 0 Å². The Kier molecular flexibility index (Phi) is 6.18. The molecule has 1 aliphatic heterocycles. The second-order valence-corrected chi connectivity index (χ2v) is 12.3. The fourth-order valence-corrected chi connectivity index (χ4v) is 9.00. The Balaban J connectivity index is 2.08. The predicted octanol–water partition coefficient (Wildman–Crippen LogP) is 7.50. The molecule has 4 rings (SSSR count). The van der Waals surface area contributed by atoms with Gasteiger partial charge in [0, 0.05) is 12.8 Å². The lowest BCUT2D eigenvalue weighted by molar-refractivity contribution is -0.119. The van der Waals surface area contributed by atoms with Crippen molar-refractivity contribution in [3.8, 4) is 22.3 Å². The van der Waals surface area contributed by atoms with Crippen LogP contribution < -0.4 is 5.30 Å². The largest absolute Gasteiger partial charge is 0.300 e. The molecule has 0 aliphatic carbocycles. The average Bonchev–Trinajstić information content (AvgIpc) is 2.68. The minimum atomic E-state index is -0.475. The van der Waals surface area contributed by atoms with Crippen molar-refractivity contribution in [1.82, 2.24) is 0 Å². The third-order valence-corrected chi connectivity index (χ3v) is 10.1. The molecule has 2 atom stereocenters. The third kappa shape index (κ3) is 4.01. The highest BCUT2D eigenvalue weighted by atomic mass is 31.1. The first-order valence-electron chi connectivity index (χ1n) is 11.4. The van der Waals surface area contributed by atoms with Gasteiger partial charge in [-0.2, -0.15) is 0 Å². The lowest BCUT2D eigenvalue weighted by Gasteiger charge is -2.38. The van der Waals surface area contributed by atoms with Crippen LogP contribution in [-0.2, 0) is 4.79 Å². The van der Waals surface area contributed by atoms with Crippen molar-refractivity contribution < 1.29 is 4.79 Å². The highest BCUT2D eigenvalue weighted by Gasteiger charge is 2.36. The number of ketones is 1. The first-order valence-corrected chi connectivity index (χ1v) is 12.8. The molecule has 1 nitrogen and oxygen atoms in total. The summed E-state index contributed by atoms with van der Waals surface area (Å²) in [6.07, 6.45) is 1.42. The van der Waals surface area contributed by atoms with E-state index >= 15 is 0 Å². The van der Waals surface area contributed by atoms with Gasteiger partial charge in [-0.25, -0.2) is 0 Å². The van der Waals surface area contributed by atoms with E-state index in [1.165, 1.54) is 49.8 Å². The summed E-state index contributed by atoms with van der Waals surface area (Å²) < 4.78 is 0. The van der Waals surface area contributed by atoms with Crippen LogP contribution in [-0.4, -0.2) is 17.1 Å². The molecule has 1 fully saturated rings. The summed E-state index contributed by atoms with van der Waals surface area (Å²) >= 11 is 0. The lowest BCUT2D eigenvalue weighted by atomic mass is 9.90. The molecule has 2 heteroatoms. The maximum absolute atomic E-state index is 12.4. The van der Waals surface area contributed by atoms with Gasteiger partial charge < -0.3 is 0 Å². The fraction of sp³-hybridized carbons (Fsp3) is 0.345. The Labute approximate surface area is 188 Å². The first kappa shape index (κ1) is 22.0. The van der Waals surface area contributed by atoms with E-state index in [0.29, 0.717) is 29.9 Å². The van der Waals surface area contributed by atoms with Crippen molar-refractivity contribution in [2.24, 2.45) is 0 Å². The van der Waals surface area contributed by atoms with Gasteiger partial charge in [0.05, 0.1) is 0 Å². The lowest BCUT2D eigenvalue weighted by Crippen LogP contribution is -2.30. The van der Waals surface area contributed by atoms with Crippen molar-refractivity contribution in [3.05, 3.63) is 76.9 Å².